The van der Waals surface area contributed by atoms with Crippen LogP contribution >= 0.6 is 25.3 Å². The molecular formula is C8H16N2O3S2. The van der Waals surface area contributed by atoms with Crippen LogP contribution in [0.4, 0.5) is 0 Å². The largest absolute Gasteiger partial charge is 0.480 e. The van der Waals surface area contributed by atoms with E-state index in [1.54, 1.807) is 0 Å². The van der Waals surface area contributed by atoms with Gasteiger partial charge in [0.05, 0.1) is 6.54 Å². The molecular weight excluding hydrogens is 236 g/mol. The second-order valence-electron chi connectivity index (χ2n) is 2.87. The van der Waals surface area contributed by atoms with E-state index in [-0.39, 0.29) is 12.5 Å². The molecule has 0 heterocycles. The monoisotopic (exact) mass is 252 g/mol. The van der Waals surface area contributed by atoms with Crippen LogP contribution in [-0.2, 0) is 9.59 Å². The topological polar surface area (TPSA) is 78.4 Å². The highest BCUT2D eigenvalue weighted by molar-refractivity contribution is 7.80. The summed E-state index contributed by atoms with van der Waals surface area (Å²) >= 11 is 7.88. The predicted molar refractivity (Wildman–Crippen MR) is 64.8 cm³/mol. The molecule has 3 N–H and O–H groups in total. The molecule has 0 aliphatic carbocycles. The van der Waals surface area contributed by atoms with Gasteiger partial charge >= 0.3 is 5.97 Å². The van der Waals surface area contributed by atoms with Gasteiger partial charge in [-0.15, -0.1) is 0 Å². The zero-order valence-electron chi connectivity index (χ0n) is 8.27. The quantitative estimate of drug-likeness (QED) is 0.295. The average Bonchev–Trinajstić information content (AvgIpc) is 2.17. The Morgan fingerprint density at radius 3 is 2.40 bits per heavy atom. The van der Waals surface area contributed by atoms with Gasteiger partial charge in [0.15, 0.2) is 0 Å². The van der Waals surface area contributed by atoms with Gasteiger partial charge in [0.25, 0.3) is 0 Å². The molecule has 0 fully saturated rings. The van der Waals surface area contributed by atoms with Crippen molar-refractivity contribution in [2.75, 3.05) is 24.6 Å². The average molecular weight is 252 g/mol. The molecule has 15 heavy (non-hydrogen) atoms. The summed E-state index contributed by atoms with van der Waals surface area (Å²) in [5, 5.41) is 14.0. The number of thiol groups is 2. The van der Waals surface area contributed by atoms with Gasteiger partial charge in [-0.2, -0.15) is 25.3 Å². The summed E-state index contributed by atoms with van der Waals surface area (Å²) in [6, 6.07) is -0.854. The van der Waals surface area contributed by atoms with Crippen molar-refractivity contribution >= 4 is 37.1 Å². The summed E-state index contributed by atoms with van der Waals surface area (Å²) in [4.78, 5) is 21.9. The highest BCUT2D eigenvalue weighted by Gasteiger charge is 2.18. The zero-order valence-corrected chi connectivity index (χ0v) is 10.1. The first-order chi connectivity index (χ1) is 7.11. The number of amides is 1. The van der Waals surface area contributed by atoms with E-state index in [9.17, 15) is 9.59 Å². The minimum absolute atomic E-state index is 0.108. The van der Waals surface area contributed by atoms with Gasteiger partial charge < -0.3 is 15.7 Å². The van der Waals surface area contributed by atoms with Crippen LogP contribution in [0.25, 0.3) is 0 Å². The summed E-state index contributed by atoms with van der Waals surface area (Å²) in [6.07, 6.45) is 0.316. The van der Waals surface area contributed by atoms with Crippen molar-refractivity contribution in [3.8, 4) is 0 Å². The van der Waals surface area contributed by atoms with E-state index in [0.29, 0.717) is 24.5 Å². The molecule has 1 atom stereocenters. The minimum atomic E-state index is -1.04. The summed E-state index contributed by atoms with van der Waals surface area (Å²) in [7, 11) is 0. The first kappa shape index (κ1) is 14.6. The molecule has 88 valence electrons. The van der Waals surface area contributed by atoms with E-state index in [4.69, 9.17) is 5.11 Å². The minimum Gasteiger partial charge on any atom is -0.480 e. The lowest BCUT2D eigenvalue weighted by molar-refractivity contribution is -0.141. The Balaban J connectivity index is 3.84. The Labute approximate surface area is 99.8 Å². The molecule has 0 aliphatic heterocycles. The van der Waals surface area contributed by atoms with Crippen molar-refractivity contribution in [2.45, 2.75) is 12.5 Å². The maximum Gasteiger partial charge on any atom is 0.326 e. The van der Waals surface area contributed by atoms with Crippen molar-refractivity contribution < 1.29 is 14.7 Å². The molecule has 0 unspecified atom stereocenters. The molecule has 0 aliphatic rings. The number of carboxylic acid groups (broad SMARTS) is 1. The van der Waals surface area contributed by atoms with Crippen LogP contribution in [0.3, 0.4) is 0 Å². The summed E-state index contributed by atoms with van der Waals surface area (Å²) in [6.45, 7) is 0.720. The van der Waals surface area contributed by atoms with Crippen LogP contribution in [0, 0.1) is 0 Å². The number of hydrogen-bond acceptors (Lipinski definition) is 5. The molecule has 0 radical (unpaired) electrons. The predicted octanol–water partition coefficient (Wildman–Crippen LogP) is -0.605. The highest BCUT2D eigenvalue weighted by Crippen LogP contribution is 1.94. The van der Waals surface area contributed by atoms with Gasteiger partial charge in [-0.3, -0.25) is 4.79 Å². The maximum atomic E-state index is 11.2. The second-order valence-corrected chi connectivity index (χ2v) is 3.77. The Kier molecular flexibility index (Phi) is 8.64. The highest BCUT2D eigenvalue weighted by atomic mass is 32.1. The Hall–Kier alpha value is -0.400. The first-order valence-corrected chi connectivity index (χ1v) is 5.83. The molecule has 0 spiro atoms. The van der Waals surface area contributed by atoms with Crippen molar-refractivity contribution in [2.24, 2.45) is 0 Å². The van der Waals surface area contributed by atoms with Crippen LogP contribution in [0.2, 0.25) is 0 Å². The standard InChI is InChI=1S/C8H16N2O3S2/c11-7(5-9-2-4-15)10-6(1-3-14)8(12)13/h6,9,14-15H,1-5H2,(H,10,11)(H,12,13)/t6-/m0/s1. The molecule has 7 heteroatoms. The summed E-state index contributed by atoms with van der Waals surface area (Å²) in [5.41, 5.74) is 0. The van der Waals surface area contributed by atoms with Crippen molar-refractivity contribution in [1.82, 2.24) is 10.6 Å². The maximum absolute atomic E-state index is 11.2. The Morgan fingerprint density at radius 2 is 1.93 bits per heavy atom. The van der Waals surface area contributed by atoms with Crippen LogP contribution < -0.4 is 10.6 Å². The van der Waals surface area contributed by atoms with Gasteiger partial charge in [0, 0.05) is 12.3 Å². The molecule has 1 amide bonds. The normalized spacial score (nSPS) is 12.1. The third-order valence-corrected chi connectivity index (χ3v) is 2.11. The smallest absolute Gasteiger partial charge is 0.326 e. The second kappa shape index (κ2) is 8.87. The molecule has 5 nitrogen and oxygen atoms in total. The van der Waals surface area contributed by atoms with Crippen molar-refractivity contribution in [3.05, 3.63) is 0 Å². The van der Waals surface area contributed by atoms with E-state index in [0.717, 1.165) is 0 Å². The van der Waals surface area contributed by atoms with Crippen molar-refractivity contribution in [1.29, 1.82) is 0 Å². The number of hydrogen-bond donors (Lipinski definition) is 5. The van der Waals surface area contributed by atoms with Crippen LogP contribution in [0.1, 0.15) is 6.42 Å². The van der Waals surface area contributed by atoms with Gasteiger partial charge in [-0.05, 0) is 12.2 Å². The fourth-order valence-corrected chi connectivity index (χ4v) is 1.33. The van der Waals surface area contributed by atoms with Gasteiger partial charge in [0.2, 0.25) is 5.91 Å². The Bertz CT molecular complexity index is 214. The number of carboxylic acids is 1. The fourth-order valence-electron chi connectivity index (χ4n) is 0.913. The Morgan fingerprint density at radius 1 is 1.27 bits per heavy atom. The molecule has 0 aromatic rings. The number of rotatable bonds is 8. The molecule has 0 saturated heterocycles. The van der Waals surface area contributed by atoms with Gasteiger partial charge in [-0.25, -0.2) is 4.79 Å². The first-order valence-electron chi connectivity index (χ1n) is 4.56. The third-order valence-electron chi connectivity index (χ3n) is 1.63. The number of carbonyl (C=O) groups is 2. The van der Waals surface area contributed by atoms with E-state index in [1.165, 1.54) is 0 Å². The van der Waals surface area contributed by atoms with E-state index in [2.05, 4.69) is 35.9 Å². The lowest BCUT2D eigenvalue weighted by atomic mass is 10.2. The lowest BCUT2D eigenvalue weighted by Crippen LogP contribution is -2.45. The van der Waals surface area contributed by atoms with Crippen LogP contribution in [0.15, 0.2) is 0 Å². The molecule has 0 rings (SSSR count). The lowest BCUT2D eigenvalue weighted by Gasteiger charge is -2.13. The summed E-state index contributed by atoms with van der Waals surface area (Å²) < 4.78 is 0. The zero-order chi connectivity index (χ0) is 11.7. The summed E-state index contributed by atoms with van der Waals surface area (Å²) in [5.74, 6) is -0.314. The van der Waals surface area contributed by atoms with Gasteiger partial charge in [-0.1, -0.05) is 0 Å². The molecule has 0 aromatic carbocycles. The molecule has 0 saturated carbocycles. The molecule has 0 aromatic heterocycles. The van der Waals surface area contributed by atoms with Crippen LogP contribution in [-0.4, -0.2) is 47.6 Å². The number of aliphatic carboxylic acids is 1. The van der Waals surface area contributed by atoms with E-state index < -0.39 is 12.0 Å². The van der Waals surface area contributed by atoms with Crippen LogP contribution in [0.5, 0.6) is 0 Å². The SMILES string of the molecule is O=C(CNCCS)N[C@@H](CCS)C(=O)O. The fraction of sp³-hybridized carbons (Fsp3) is 0.750. The number of carbonyl (C=O) groups excluding carboxylic acids is 1. The third kappa shape index (κ3) is 7.52. The molecule has 0 bridgehead atoms. The van der Waals surface area contributed by atoms with E-state index in [1.807, 2.05) is 0 Å². The van der Waals surface area contributed by atoms with E-state index >= 15 is 0 Å². The van der Waals surface area contributed by atoms with Crippen molar-refractivity contribution in [3.63, 3.8) is 0 Å². The van der Waals surface area contributed by atoms with Gasteiger partial charge in [0.1, 0.15) is 6.04 Å². The number of nitrogens with one attached hydrogen (secondary N) is 2.